The van der Waals surface area contributed by atoms with Gasteiger partial charge in [0, 0.05) is 39.9 Å². The first-order chi connectivity index (χ1) is 14.1. The molecule has 9 heteroatoms. The Bertz CT molecular complexity index is 329. The lowest BCUT2D eigenvalue weighted by Crippen LogP contribution is -2.40. The number of rotatable bonds is 22. The maximum atomic E-state index is 5.78. The van der Waals surface area contributed by atoms with Crippen molar-refractivity contribution in [1.82, 2.24) is 0 Å². The molecule has 0 atom stereocenters. The van der Waals surface area contributed by atoms with Gasteiger partial charge >= 0.3 is 0 Å². The Labute approximate surface area is 196 Å². The molecule has 0 saturated heterocycles. The molecule has 0 saturated carbocycles. The summed E-state index contributed by atoms with van der Waals surface area (Å²) >= 11 is 0. The summed E-state index contributed by atoms with van der Waals surface area (Å²) in [6.45, 7) is 4.50. The van der Waals surface area contributed by atoms with Crippen LogP contribution in [0, 0.1) is 0 Å². The second kappa shape index (κ2) is 20.0. The molecule has 0 aliphatic rings. The number of methoxy groups -OCH3 is 4. The molecule has 0 bridgehead atoms. The first-order valence-electron chi connectivity index (χ1n) is 11.2. The van der Waals surface area contributed by atoms with E-state index < -0.39 is 0 Å². The number of ether oxygens (including phenoxy) is 4. The van der Waals surface area contributed by atoms with Gasteiger partial charge in [-0.3, -0.25) is 0 Å². The molecular weight excluding hydrogens is 457 g/mol. The topological polar surface area (TPSA) is 36.9 Å². The van der Waals surface area contributed by atoms with Crippen molar-refractivity contribution in [2.75, 3.05) is 39.9 Å². The summed E-state index contributed by atoms with van der Waals surface area (Å²) < 4.78 is 23.1. The average Bonchev–Trinajstić information content (AvgIpc) is 2.76. The zero-order valence-electron chi connectivity index (χ0n) is 19.8. The lowest BCUT2D eigenvalue weighted by atomic mass is 10.3. The van der Waals surface area contributed by atoms with Crippen molar-refractivity contribution >= 4 is 50.5 Å². The van der Waals surface area contributed by atoms with Crippen LogP contribution in [0.5, 0.6) is 0 Å². The van der Waals surface area contributed by atoms with Gasteiger partial charge in [0.2, 0.25) is 0 Å². The van der Waals surface area contributed by atoms with E-state index in [1.807, 2.05) is 59.9 Å². The first kappa shape index (κ1) is 30.3. The van der Waals surface area contributed by atoms with Crippen molar-refractivity contribution in [2.45, 2.75) is 88.1 Å². The predicted octanol–water partition coefficient (Wildman–Crippen LogP) is 5.24. The van der Waals surface area contributed by atoms with E-state index >= 15 is 0 Å². The lowest BCUT2D eigenvalue weighted by Gasteiger charge is -2.31. The van der Waals surface area contributed by atoms with E-state index in [-0.39, 0.29) is 29.9 Å². The fourth-order valence-corrected chi connectivity index (χ4v) is 11.7. The predicted molar refractivity (Wildman–Crippen MR) is 141 cm³/mol. The van der Waals surface area contributed by atoms with Gasteiger partial charge in [0.05, 0.1) is 19.0 Å². The van der Waals surface area contributed by atoms with Crippen LogP contribution >= 0.6 is 31.4 Å². The van der Waals surface area contributed by atoms with Crippen LogP contribution in [-0.4, -0.2) is 69.8 Å². The quantitative estimate of drug-likeness (QED) is 0.0866. The Balaban J connectivity index is 3.89. The molecule has 0 heterocycles. The first-order valence-corrected chi connectivity index (χ1v) is 18.4. The zero-order valence-corrected chi connectivity index (χ0v) is 25.0. The molecule has 0 fully saturated rings. The van der Waals surface area contributed by atoms with Gasteiger partial charge in [0.15, 0.2) is 0 Å². The third kappa shape index (κ3) is 14.2. The van der Waals surface area contributed by atoms with Crippen LogP contribution in [0.3, 0.4) is 0 Å². The Morgan fingerprint density at radius 1 is 0.621 bits per heavy atom. The van der Waals surface area contributed by atoms with Crippen LogP contribution < -0.4 is 0 Å². The van der Waals surface area contributed by atoms with Gasteiger partial charge in [-0.25, -0.2) is 0 Å². The van der Waals surface area contributed by atoms with Gasteiger partial charge < -0.3 is 18.9 Å². The minimum Gasteiger partial charge on any atom is -0.358 e. The van der Waals surface area contributed by atoms with E-state index in [1.165, 1.54) is 37.8 Å². The number of hydrogen-bond acceptors (Lipinski definition) is 7. The van der Waals surface area contributed by atoms with Crippen LogP contribution in [0.4, 0.5) is 0 Å². The molecule has 0 unspecified atom stereocenters. The molecule has 29 heavy (non-hydrogen) atoms. The smallest absolute Gasteiger partial charge is 0.144 e. The van der Waals surface area contributed by atoms with E-state index in [1.54, 1.807) is 0 Å². The van der Waals surface area contributed by atoms with Crippen LogP contribution in [-0.2, 0) is 18.9 Å². The minimum atomic E-state index is -0.356. The standard InChI is InChI=1S/C20H46O4S3Si2/c1-7-9-17-28-19(21-3,22-4)13-11-15-25-27-26-16-12-14-20(23-5,24-6)29-18-10-8-2/h7-18,28-29H2,1-6H3. The minimum absolute atomic E-state index is 0.251. The maximum absolute atomic E-state index is 5.78. The van der Waals surface area contributed by atoms with Crippen LogP contribution in [0.1, 0.15) is 65.2 Å². The van der Waals surface area contributed by atoms with E-state index in [0.29, 0.717) is 0 Å². The molecule has 0 amide bonds. The monoisotopic (exact) mass is 502 g/mol. The van der Waals surface area contributed by atoms with E-state index in [9.17, 15) is 0 Å². The molecule has 0 aliphatic carbocycles. The van der Waals surface area contributed by atoms with E-state index in [0.717, 1.165) is 37.2 Å². The average molecular weight is 503 g/mol. The largest absolute Gasteiger partial charge is 0.358 e. The molecule has 0 radical (unpaired) electrons. The molecule has 0 aromatic carbocycles. The van der Waals surface area contributed by atoms with Crippen molar-refractivity contribution in [3.8, 4) is 0 Å². The lowest BCUT2D eigenvalue weighted by molar-refractivity contribution is -0.149. The van der Waals surface area contributed by atoms with Crippen molar-refractivity contribution < 1.29 is 18.9 Å². The van der Waals surface area contributed by atoms with Crippen molar-refractivity contribution in [3.05, 3.63) is 0 Å². The summed E-state index contributed by atoms with van der Waals surface area (Å²) in [5.41, 5.74) is -0.502. The summed E-state index contributed by atoms with van der Waals surface area (Å²) in [7, 11) is 12.4. The summed E-state index contributed by atoms with van der Waals surface area (Å²) in [6.07, 6.45) is 9.49. The maximum Gasteiger partial charge on any atom is 0.144 e. The third-order valence-electron chi connectivity index (χ3n) is 5.48. The van der Waals surface area contributed by atoms with Gasteiger partial charge in [-0.2, -0.15) is 0 Å². The Morgan fingerprint density at radius 3 is 1.31 bits per heavy atom. The van der Waals surface area contributed by atoms with Gasteiger partial charge in [-0.15, -0.1) is 0 Å². The Kier molecular flexibility index (Phi) is 20.9. The molecule has 0 rings (SSSR count). The van der Waals surface area contributed by atoms with Gasteiger partial charge in [-0.1, -0.05) is 73.2 Å². The highest BCUT2D eigenvalue weighted by atomic mass is 33.5. The Morgan fingerprint density at radius 2 is 1.00 bits per heavy atom. The fraction of sp³-hybridized carbons (Fsp3) is 1.00. The van der Waals surface area contributed by atoms with E-state index in [4.69, 9.17) is 18.9 Å². The normalized spacial score (nSPS) is 13.4. The summed E-state index contributed by atoms with van der Waals surface area (Å²) in [6, 6.07) is 2.61. The molecule has 4 nitrogen and oxygen atoms in total. The SMILES string of the molecule is CCCC[SiH2]C(CCCSSSCCCC(OC)(OC)[SiH2]CCCC)(OC)OC. The second-order valence-corrected chi connectivity index (χ2v) is 16.5. The fourth-order valence-electron chi connectivity index (χ4n) is 3.42. The van der Waals surface area contributed by atoms with Crippen molar-refractivity contribution in [1.29, 1.82) is 0 Å². The van der Waals surface area contributed by atoms with Crippen molar-refractivity contribution in [3.63, 3.8) is 0 Å². The van der Waals surface area contributed by atoms with Gasteiger partial charge in [-0.05, 0) is 35.5 Å². The molecule has 0 spiro atoms. The van der Waals surface area contributed by atoms with Crippen molar-refractivity contribution in [2.24, 2.45) is 0 Å². The molecule has 0 aromatic heterocycles. The Hall–Kier alpha value is 1.32. The highest BCUT2D eigenvalue weighted by Crippen LogP contribution is 2.37. The van der Waals surface area contributed by atoms with E-state index in [2.05, 4.69) is 13.8 Å². The molecule has 0 N–H and O–H groups in total. The number of unbranched alkanes of at least 4 members (excludes halogenated alkanes) is 2. The molecule has 176 valence electrons. The number of hydrogen-bond donors (Lipinski definition) is 0. The van der Waals surface area contributed by atoms with Gasteiger partial charge in [0.25, 0.3) is 0 Å². The highest BCUT2D eigenvalue weighted by molar-refractivity contribution is 9.09. The van der Waals surface area contributed by atoms with Gasteiger partial charge in [0.1, 0.15) is 10.8 Å². The second-order valence-electron chi connectivity index (χ2n) is 7.47. The summed E-state index contributed by atoms with van der Waals surface area (Å²) in [5.74, 6) is 2.30. The molecular formula is C20H46O4S3Si2. The molecule has 0 aromatic rings. The molecule has 0 aliphatic heterocycles. The third-order valence-corrected chi connectivity index (χ3v) is 15.0. The summed E-state index contributed by atoms with van der Waals surface area (Å²) in [4.78, 5) is 0. The van der Waals surface area contributed by atoms with Crippen LogP contribution in [0.15, 0.2) is 0 Å². The highest BCUT2D eigenvalue weighted by Gasteiger charge is 2.29. The van der Waals surface area contributed by atoms with Crippen LogP contribution in [0.25, 0.3) is 0 Å². The zero-order chi connectivity index (χ0) is 21.8. The van der Waals surface area contributed by atoms with Crippen LogP contribution in [0.2, 0.25) is 12.1 Å². The summed E-state index contributed by atoms with van der Waals surface area (Å²) in [5, 5.41) is 0.